The normalized spacial score (nSPS) is 13.9. The number of nitrogens with one attached hydrogen (secondary N) is 1. The molecule has 0 aliphatic carbocycles. The van der Waals surface area contributed by atoms with Gasteiger partial charge in [-0.3, -0.25) is 14.9 Å². The minimum atomic E-state index is -0.871. The Balaban J connectivity index is 1.87. The number of hydrogen-bond acceptors (Lipinski definition) is 4. The smallest absolute Gasteiger partial charge is 0.311 e. The molecule has 0 radical (unpaired) electrons. The van der Waals surface area contributed by atoms with Gasteiger partial charge in [0.05, 0.1) is 5.69 Å². The highest BCUT2D eigenvalue weighted by Gasteiger charge is 2.33. The first-order valence-corrected chi connectivity index (χ1v) is 7.97. The molecule has 2 aromatic rings. The first kappa shape index (κ1) is 16.7. The highest BCUT2D eigenvalue weighted by molar-refractivity contribution is 6.02. The van der Waals surface area contributed by atoms with Crippen molar-refractivity contribution in [3.05, 3.63) is 53.6 Å². The predicted molar refractivity (Wildman–Crippen MR) is 92.5 cm³/mol. The maximum absolute atomic E-state index is 12.2. The first-order chi connectivity index (χ1) is 12.0. The van der Waals surface area contributed by atoms with Crippen LogP contribution in [0.4, 0.5) is 10.5 Å². The Morgan fingerprint density at radius 2 is 1.60 bits per heavy atom. The molecule has 25 heavy (non-hydrogen) atoms. The summed E-state index contributed by atoms with van der Waals surface area (Å²) in [5, 5.41) is 3.16. The molecule has 2 aromatic carbocycles. The van der Waals surface area contributed by atoms with Gasteiger partial charge in [-0.1, -0.05) is 36.4 Å². The monoisotopic (exact) mass is 338 g/mol. The zero-order chi connectivity index (χ0) is 18.0. The lowest BCUT2D eigenvalue weighted by Crippen LogP contribution is -2.34. The van der Waals surface area contributed by atoms with Gasteiger partial charge in [0.1, 0.15) is 0 Å². The summed E-state index contributed by atoms with van der Waals surface area (Å²) in [6.07, 6.45) is -0.750. The lowest BCUT2D eigenvalue weighted by Gasteiger charge is -2.17. The Kier molecular flexibility index (Phi) is 4.52. The summed E-state index contributed by atoms with van der Waals surface area (Å²) < 4.78 is 0. The molecule has 6 nitrogen and oxygen atoms in total. The fraction of sp³-hybridized carbons (Fsp3) is 0.211. The molecule has 1 N–H and O–H groups in total. The highest BCUT2D eigenvalue weighted by atomic mass is 16.7. The maximum atomic E-state index is 12.2. The van der Waals surface area contributed by atoms with Crippen LogP contribution in [0, 0.1) is 13.8 Å². The molecule has 0 saturated carbocycles. The number of carbonyl (C=O) groups is 3. The van der Waals surface area contributed by atoms with Gasteiger partial charge in [-0.25, -0.2) is 4.79 Å². The zero-order valence-electron chi connectivity index (χ0n) is 14.0. The second-order valence-corrected chi connectivity index (χ2v) is 5.90. The molecule has 0 unspecified atom stereocenters. The molecular formula is C19H18N2O4. The third-order valence-electron chi connectivity index (χ3n) is 4.10. The van der Waals surface area contributed by atoms with Gasteiger partial charge < -0.3 is 4.84 Å². The molecule has 1 saturated heterocycles. The van der Waals surface area contributed by atoms with E-state index >= 15 is 0 Å². The second-order valence-electron chi connectivity index (χ2n) is 5.90. The minimum Gasteiger partial charge on any atom is -0.311 e. The third kappa shape index (κ3) is 3.38. The predicted octanol–water partition coefficient (Wildman–Crippen LogP) is 3.58. The van der Waals surface area contributed by atoms with Crippen LogP contribution in [-0.4, -0.2) is 23.0 Å². The van der Waals surface area contributed by atoms with Gasteiger partial charge in [-0.2, -0.15) is 0 Å². The summed E-state index contributed by atoms with van der Waals surface area (Å²) in [6.45, 7) is 3.94. The average molecular weight is 338 g/mol. The largest absolute Gasteiger partial charge is 0.436 e. The highest BCUT2D eigenvalue weighted by Crippen LogP contribution is 2.33. The summed E-state index contributed by atoms with van der Waals surface area (Å²) in [6, 6.07) is 13.4. The molecule has 1 aliphatic rings. The van der Waals surface area contributed by atoms with Gasteiger partial charge >= 0.3 is 6.09 Å². The van der Waals surface area contributed by atoms with Crippen LogP contribution in [0.3, 0.4) is 0 Å². The SMILES string of the molecule is Cc1ccccc1-c1c(C)cccc1NC(=O)ON1C(=O)CCC1=O. The topological polar surface area (TPSA) is 75.7 Å². The molecule has 128 valence electrons. The van der Waals surface area contributed by atoms with Crippen molar-refractivity contribution in [2.45, 2.75) is 26.7 Å². The Labute approximate surface area is 145 Å². The number of carbonyl (C=O) groups excluding carboxylic acids is 3. The van der Waals surface area contributed by atoms with Crippen molar-refractivity contribution in [3.8, 4) is 11.1 Å². The number of aryl methyl sites for hydroxylation is 2. The third-order valence-corrected chi connectivity index (χ3v) is 4.10. The van der Waals surface area contributed by atoms with E-state index in [0.717, 1.165) is 22.3 Å². The van der Waals surface area contributed by atoms with Crippen molar-refractivity contribution in [1.82, 2.24) is 5.06 Å². The number of anilines is 1. The summed E-state index contributed by atoms with van der Waals surface area (Å²) in [7, 11) is 0. The van der Waals surface area contributed by atoms with E-state index in [1.54, 1.807) is 6.07 Å². The van der Waals surface area contributed by atoms with E-state index in [1.807, 2.05) is 50.2 Å². The molecular weight excluding hydrogens is 320 g/mol. The quantitative estimate of drug-likeness (QED) is 0.868. The van der Waals surface area contributed by atoms with Crippen LogP contribution >= 0.6 is 0 Å². The standard InChI is InChI=1S/C19H18N2O4/c1-12-6-3-4-8-14(12)18-13(2)7-5-9-15(18)20-19(24)25-21-16(22)10-11-17(21)23/h3-9H,10-11H2,1-2H3,(H,20,24). The van der Waals surface area contributed by atoms with Crippen molar-refractivity contribution < 1.29 is 19.2 Å². The fourth-order valence-electron chi connectivity index (χ4n) is 2.86. The first-order valence-electron chi connectivity index (χ1n) is 7.97. The van der Waals surface area contributed by atoms with E-state index in [0.29, 0.717) is 10.8 Å². The molecule has 3 rings (SSSR count). The molecule has 1 fully saturated rings. The number of nitrogens with zero attached hydrogens (tertiary/aromatic N) is 1. The minimum absolute atomic E-state index is 0.0605. The van der Waals surface area contributed by atoms with Gasteiger partial charge in [-0.05, 0) is 36.6 Å². The van der Waals surface area contributed by atoms with E-state index in [9.17, 15) is 14.4 Å². The van der Waals surface area contributed by atoms with Crippen LogP contribution in [0.5, 0.6) is 0 Å². The summed E-state index contributed by atoms with van der Waals surface area (Å²) in [4.78, 5) is 40.2. The molecule has 1 heterocycles. The van der Waals surface area contributed by atoms with Gasteiger partial charge in [0.15, 0.2) is 0 Å². The molecule has 3 amide bonds. The van der Waals surface area contributed by atoms with E-state index < -0.39 is 17.9 Å². The van der Waals surface area contributed by atoms with Crippen molar-refractivity contribution in [2.75, 3.05) is 5.32 Å². The van der Waals surface area contributed by atoms with Gasteiger partial charge in [0.25, 0.3) is 11.8 Å². The number of rotatable bonds is 3. The van der Waals surface area contributed by atoms with Gasteiger partial charge in [0, 0.05) is 18.4 Å². The molecule has 6 heteroatoms. The lowest BCUT2D eigenvalue weighted by molar-refractivity contribution is -0.170. The number of hydrogen-bond donors (Lipinski definition) is 1. The Bertz CT molecular complexity index is 844. The summed E-state index contributed by atoms with van der Waals surface area (Å²) >= 11 is 0. The Morgan fingerprint density at radius 1 is 0.960 bits per heavy atom. The van der Waals surface area contributed by atoms with Crippen LogP contribution in [0.15, 0.2) is 42.5 Å². The van der Waals surface area contributed by atoms with Crippen LogP contribution < -0.4 is 5.32 Å². The number of benzene rings is 2. The molecule has 1 aliphatic heterocycles. The van der Waals surface area contributed by atoms with Crippen molar-refractivity contribution >= 4 is 23.6 Å². The summed E-state index contributed by atoms with van der Waals surface area (Å²) in [5.74, 6) is -1.02. The van der Waals surface area contributed by atoms with Crippen molar-refractivity contribution in [3.63, 3.8) is 0 Å². The molecule has 0 atom stereocenters. The average Bonchev–Trinajstić information content (AvgIpc) is 2.88. The molecule has 0 bridgehead atoms. The van der Waals surface area contributed by atoms with E-state index in [2.05, 4.69) is 5.32 Å². The lowest BCUT2D eigenvalue weighted by atomic mass is 9.95. The second kappa shape index (κ2) is 6.76. The summed E-state index contributed by atoms with van der Waals surface area (Å²) in [5.41, 5.74) is 4.47. The number of imide groups is 1. The van der Waals surface area contributed by atoms with E-state index in [4.69, 9.17) is 4.84 Å². The van der Waals surface area contributed by atoms with Gasteiger partial charge in [0.2, 0.25) is 0 Å². The Morgan fingerprint density at radius 3 is 2.28 bits per heavy atom. The molecule has 0 spiro atoms. The maximum Gasteiger partial charge on any atom is 0.436 e. The Hall–Kier alpha value is -3.15. The number of hydroxylamine groups is 2. The van der Waals surface area contributed by atoms with Crippen molar-refractivity contribution in [1.29, 1.82) is 0 Å². The van der Waals surface area contributed by atoms with E-state index in [1.165, 1.54) is 0 Å². The van der Waals surface area contributed by atoms with Crippen molar-refractivity contribution in [2.24, 2.45) is 0 Å². The van der Waals surface area contributed by atoms with Crippen LogP contribution in [0.1, 0.15) is 24.0 Å². The zero-order valence-corrected chi connectivity index (χ0v) is 14.0. The van der Waals surface area contributed by atoms with Crippen LogP contribution in [0.25, 0.3) is 11.1 Å². The van der Waals surface area contributed by atoms with E-state index in [-0.39, 0.29) is 12.8 Å². The van der Waals surface area contributed by atoms with Gasteiger partial charge in [-0.15, -0.1) is 5.06 Å². The molecule has 0 aromatic heterocycles. The van der Waals surface area contributed by atoms with Crippen LogP contribution in [-0.2, 0) is 14.4 Å². The fourth-order valence-corrected chi connectivity index (χ4v) is 2.86. The number of amides is 3. The van der Waals surface area contributed by atoms with Crippen LogP contribution in [0.2, 0.25) is 0 Å².